The van der Waals surface area contributed by atoms with Crippen molar-refractivity contribution < 1.29 is 4.79 Å². The molecule has 1 amide bonds. The highest BCUT2D eigenvalue weighted by Crippen LogP contribution is 2.27. The molecule has 2 aromatic carbocycles. The number of anilines is 2. The predicted molar refractivity (Wildman–Crippen MR) is 108 cm³/mol. The van der Waals surface area contributed by atoms with E-state index in [1.165, 1.54) is 5.56 Å². The van der Waals surface area contributed by atoms with Crippen molar-refractivity contribution in [3.8, 4) is 0 Å². The van der Waals surface area contributed by atoms with Gasteiger partial charge in [0.25, 0.3) is 0 Å². The minimum Gasteiger partial charge on any atom is -0.363 e. The Morgan fingerprint density at radius 1 is 0.963 bits per heavy atom. The molecule has 1 aromatic heterocycles. The van der Waals surface area contributed by atoms with Crippen LogP contribution in [0.15, 0.2) is 54.6 Å². The largest absolute Gasteiger partial charge is 0.363 e. The van der Waals surface area contributed by atoms with Crippen molar-refractivity contribution in [3.05, 3.63) is 60.2 Å². The number of benzene rings is 2. The molecular weight excluding hydrogens is 338 g/mol. The number of nitrogens with zero attached hydrogens (tertiary/aromatic N) is 4. The molecule has 27 heavy (non-hydrogen) atoms. The van der Waals surface area contributed by atoms with E-state index in [1.807, 2.05) is 42.5 Å². The highest BCUT2D eigenvalue weighted by atomic mass is 16.1. The van der Waals surface area contributed by atoms with Crippen LogP contribution in [0.3, 0.4) is 0 Å². The minimum atomic E-state index is 0.129. The van der Waals surface area contributed by atoms with E-state index in [-0.39, 0.29) is 6.04 Å². The SMILES string of the molecule is CC(Nc1nc(N2CCN(C=O)CC2)nc2ccccc12)c1ccccc1. The molecule has 4 rings (SSSR count). The van der Waals surface area contributed by atoms with Gasteiger partial charge in [-0.1, -0.05) is 42.5 Å². The van der Waals surface area contributed by atoms with Gasteiger partial charge in [0.1, 0.15) is 5.82 Å². The molecule has 0 bridgehead atoms. The third-order valence-electron chi connectivity index (χ3n) is 4.99. The van der Waals surface area contributed by atoms with E-state index >= 15 is 0 Å². The molecule has 0 radical (unpaired) electrons. The molecule has 1 aliphatic heterocycles. The summed E-state index contributed by atoms with van der Waals surface area (Å²) in [6.07, 6.45) is 0.910. The maximum Gasteiger partial charge on any atom is 0.228 e. The molecular formula is C21H23N5O. The van der Waals surface area contributed by atoms with Gasteiger partial charge in [-0.15, -0.1) is 0 Å². The average molecular weight is 361 g/mol. The molecule has 1 unspecified atom stereocenters. The van der Waals surface area contributed by atoms with Crippen molar-refractivity contribution in [1.29, 1.82) is 0 Å². The summed E-state index contributed by atoms with van der Waals surface area (Å²) in [6.45, 7) is 5.01. The highest BCUT2D eigenvalue weighted by Gasteiger charge is 2.20. The number of aromatic nitrogens is 2. The Morgan fingerprint density at radius 3 is 2.41 bits per heavy atom. The Hall–Kier alpha value is -3.15. The Kier molecular flexibility index (Phi) is 4.87. The van der Waals surface area contributed by atoms with Crippen molar-refractivity contribution in [3.63, 3.8) is 0 Å². The summed E-state index contributed by atoms with van der Waals surface area (Å²) < 4.78 is 0. The lowest BCUT2D eigenvalue weighted by Gasteiger charge is -2.32. The second-order valence-electron chi connectivity index (χ2n) is 6.79. The molecule has 0 aliphatic carbocycles. The Morgan fingerprint density at radius 2 is 1.67 bits per heavy atom. The molecule has 6 nitrogen and oxygen atoms in total. The lowest BCUT2D eigenvalue weighted by Crippen LogP contribution is -2.46. The van der Waals surface area contributed by atoms with Gasteiger partial charge < -0.3 is 15.1 Å². The second kappa shape index (κ2) is 7.61. The van der Waals surface area contributed by atoms with Crippen molar-refractivity contribution >= 4 is 29.1 Å². The van der Waals surface area contributed by atoms with E-state index in [0.29, 0.717) is 19.0 Å². The number of carbonyl (C=O) groups is 1. The van der Waals surface area contributed by atoms with Crippen LogP contribution in [-0.2, 0) is 4.79 Å². The number of hydrogen-bond donors (Lipinski definition) is 1. The summed E-state index contributed by atoms with van der Waals surface area (Å²) in [6, 6.07) is 18.5. The van der Waals surface area contributed by atoms with Crippen molar-refractivity contribution in [2.24, 2.45) is 0 Å². The van der Waals surface area contributed by atoms with E-state index in [0.717, 1.165) is 36.2 Å². The quantitative estimate of drug-likeness (QED) is 0.708. The Bertz CT molecular complexity index is 922. The zero-order valence-electron chi connectivity index (χ0n) is 15.4. The van der Waals surface area contributed by atoms with Crippen LogP contribution in [0.2, 0.25) is 0 Å². The number of piperazine rings is 1. The molecule has 0 spiro atoms. The monoisotopic (exact) mass is 361 g/mol. The highest BCUT2D eigenvalue weighted by molar-refractivity contribution is 5.90. The summed E-state index contributed by atoms with van der Waals surface area (Å²) >= 11 is 0. The Balaban J connectivity index is 1.66. The first kappa shape index (κ1) is 17.3. The number of rotatable bonds is 5. The standard InChI is InChI=1S/C21H23N5O/c1-16(17-7-3-2-4-8-17)22-20-18-9-5-6-10-19(18)23-21(24-20)26-13-11-25(15-27)12-14-26/h2-10,15-16H,11-14H2,1H3,(H,22,23,24). The van der Waals surface area contributed by atoms with E-state index < -0.39 is 0 Å². The zero-order chi connectivity index (χ0) is 18.6. The first-order chi connectivity index (χ1) is 13.2. The van der Waals surface area contributed by atoms with Crippen molar-refractivity contribution in [2.75, 3.05) is 36.4 Å². The number of nitrogens with one attached hydrogen (secondary N) is 1. The fourth-order valence-electron chi connectivity index (χ4n) is 3.37. The fourth-order valence-corrected chi connectivity index (χ4v) is 3.37. The summed E-state index contributed by atoms with van der Waals surface area (Å²) in [5.74, 6) is 1.55. The molecule has 1 saturated heterocycles. The molecule has 1 N–H and O–H groups in total. The molecule has 1 aliphatic rings. The fraction of sp³-hybridized carbons (Fsp3) is 0.286. The Labute approximate surface area is 158 Å². The van der Waals surface area contributed by atoms with E-state index in [4.69, 9.17) is 9.97 Å². The van der Waals surface area contributed by atoms with Crippen LogP contribution in [0.4, 0.5) is 11.8 Å². The van der Waals surface area contributed by atoms with E-state index in [9.17, 15) is 4.79 Å². The van der Waals surface area contributed by atoms with Gasteiger partial charge in [-0.25, -0.2) is 4.98 Å². The number of fused-ring (bicyclic) bond motifs is 1. The zero-order valence-corrected chi connectivity index (χ0v) is 15.4. The van der Waals surface area contributed by atoms with Crippen molar-refractivity contribution in [2.45, 2.75) is 13.0 Å². The van der Waals surface area contributed by atoms with Gasteiger partial charge in [0.15, 0.2) is 0 Å². The van der Waals surface area contributed by atoms with Crippen LogP contribution in [0.25, 0.3) is 10.9 Å². The molecule has 3 aromatic rings. The average Bonchev–Trinajstić information content (AvgIpc) is 2.74. The topological polar surface area (TPSA) is 61.4 Å². The molecule has 6 heteroatoms. The normalized spacial score (nSPS) is 15.6. The molecule has 0 saturated carbocycles. The lowest BCUT2D eigenvalue weighted by atomic mass is 10.1. The van der Waals surface area contributed by atoms with Crippen molar-refractivity contribution in [1.82, 2.24) is 14.9 Å². The van der Waals surface area contributed by atoms with Gasteiger partial charge in [-0.05, 0) is 24.6 Å². The van der Waals surface area contributed by atoms with Gasteiger partial charge in [-0.3, -0.25) is 4.79 Å². The van der Waals surface area contributed by atoms with Crippen LogP contribution >= 0.6 is 0 Å². The maximum absolute atomic E-state index is 11.0. The second-order valence-corrected chi connectivity index (χ2v) is 6.79. The van der Waals surface area contributed by atoms with Crippen LogP contribution in [-0.4, -0.2) is 47.5 Å². The number of amides is 1. The minimum absolute atomic E-state index is 0.129. The number of carbonyl (C=O) groups excluding carboxylic acids is 1. The van der Waals surface area contributed by atoms with Crippen LogP contribution in [0, 0.1) is 0 Å². The lowest BCUT2D eigenvalue weighted by molar-refractivity contribution is -0.118. The van der Waals surface area contributed by atoms with Crippen LogP contribution < -0.4 is 10.2 Å². The molecule has 1 fully saturated rings. The predicted octanol–water partition coefficient (Wildman–Crippen LogP) is 3.08. The first-order valence-corrected chi connectivity index (χ1v) is 9.27. The summed E-state index contributed by atoms with van der Waals surface area (Å²) in [7, 11) is 0. The molecule has 2 heterocycles. The third kappa shape index (κ3) is 3.69. The van der Waals surface area contributed by atoms with E-state index in [1.54, 1.807) is 4.90 Å². The third-order valence-corrected chi connectivity index (χ3v) is 4.99. The number of para-hydroxylation sites is 1. The van der Waals surface area contributed by atoms with Gasteiger partial charge in [-0.2, -0.15) is 4.98 Å². The van der Waals surface area contributed by atoms with Gasteiger partial charge in [0.05, 0.1) is 5.52 Å². The van der Waals surface area contributed by atoms with Crippen LogP contribution in [0.5, 0.6) is 0 Å². The van der Waals surface area contributed by atoms with Crippen LogP contribution in [0.1, 0.15) is 18.5 Å². The number of hydrogen-bond acceptors (Lipinski definition) is 5. The summed E-state index contributed by atoms with van der Waals surface area (Å²) in [4.78, 5) is 24.5. The first-order valence-electron chi connectivity index (χ1n) is 9.27. The van der Waals surface area contributed by atoms with Gasteiger partial charge in [0, 0.05) is 37.6 Å². The summed E-state index contributed by atoms with van der Waals surface area (Å²) in [5, 5.41) is 4.57. The van der Waals surface area contributed by atoms with Gasteiger partial charge in [0.2, 0.25) is 12.4 Å². The van der Waals surface area contributed by atoms with Gasteiger partial charge >= 0.3 is 0 Å². The maximum atomic E-state index is 11.0. The summed E-state index contributed by atoms with van der Waals surface area (Å²) in [5.41, 5.74) is 2.13. The molecule has 1 atom stereocenters. The van der Waals surface area contributed by atoms with E-state index in [2.05, 4.69) is 29.3 Å². The smallest absolute Gasteiger partial charge is 0.228 e. The molecule has 138 valence electrons.